The monoisotopic (exact) mass is 363 g/mol. The highest BCUT2D eigenvalue weighted by atomic mass is 16.6. The van der Waals surface area contributed by atoms with E-state index in [0.717, 1.165) is 5.56 Å². The number of carbonyl (C=O) groups is 2. The molecule has 0 radical (unpaired) electrons. The van der Waals surface area contributed by atoms with Crippen molar-refractivity contribution >= 4 is 17.8 Å². The second kappa shape index (κ2) is 9.91. The average molecular weight is 363 g/mol. The molecule has 2 N–H and O–H groups in total. The van der Waals surface area contributed by atoms with E-state index in [1.54, 1.807) is 7.05 Å². The highest BCUT2D eigenvalue weighted by Gasteiger charge is 2.26. The number of benzene rings is 1. The van der Waals surface area contributed by atoms with Gasteiger partial charge in [-0.15, -0.1) is 0 Å². The van der Waals surface area contributed by atoms with Gasteiger partial charge >= 0.3 is 6.09 Å². The summed E-state index contributed by atoms with van der Waals surface area (Å²) in [6, 6.07) is 9.46. The summed E-state index contributed by atoms with van der Waals surface area (Å²) in [6.45, 7) is 6.96. The molecule has 0 saturated heterocycles. The van der Waals surface area contributed by atoms with Crippen LogP contribution in [-0.2, 0) is 20.7 Å². The zero-order valence-electron chi connectivity index (χ0n) is 16.2. The van der Waals surface area contributed by atoms with Crippen LogP contribution >= 0.6 is 0 Å². The highest BCUT2D eigenvalue weighted by molar-refractivity contribution is 5.92. The quantitative estimate of drug-likeness (QED) is 0.593. The lowest BCUT2D eigenvalue weighted by Gasteiger charge is -2.30. The molecule has 0 heterocycles. The van der Waals surface area contributed by atoms with Crippen LogP contribution in [0.5, 0.6) is 0 Å². The van der Waals surface area contributed by atoms with Gasteiger partial charge in [-0.3, -0.25) is 4.79 Å². The van der Waals surface area contributed by atoms with Gasteiger partial charge < -0.3 is 20.1 Å². The van der Waals surface area contributed by atoms with Gasteiger partial charge in [0.25, 0.3) is 5.91 Å². The molecule has 144 valence electrons. The lowest BCUT2D eigenvalue weighted by Crippen LogP contribution is -2.44. The topological polar surface area (TPSA) is 94.2 Å². The van der Waals surface area contributed by atoms with Crippen molar-refractivity contribution in [2.75, 3.05) is 20.3 Å². The van der Waals surface area contributed by atoms with Crippen molar-refractivity contribution in [2.24, 2.45) is 10.7 Å². The summed E-state index contributed by atoms with van der Waals surface area (Å²) >= 11 is 0. The number of aliphatic imine (C=N–C) groups is 1. The van der Waals surface area contributed by atoms with Crippen LogP contribution in [0.2, 0.25) is 0 Å². The maximum atomic E-state index is 12.4. The molecule has 0 aromatic heterocycles. The molecule has 1 atom stereocenters. The lowest BCUT2D eigenvalue weighted by molar-refractivity contribution is -0.122. The van der Waals surface area contributed by atoms with E-state index >= 15 is 0 Å². The first-order valence-electron chi connectivity index (χ1n) is 8.49. The number of rotatable bonds is 7. The third-order valence-corrected chi connectivity index (χ3v) is 3.38. The minimum absolute atomic E-state index is 0.176. The molecule has 0 aliphatic heterocycles. The van der Waals surface area contributed by atoms with Crippen LogP contribution in [0.3, 0.4) is 0 Å². The fraction of sp³-hybridized carbons (Fsp3) is 0.526. The minimum atomic E-state index is -0.590. The van der Waals surface area contributed by atoms with E-state index < -0.39 is 17.6 Å². The Bertz CT molecular complexity index is 619. The maximum Gasteiger partial charge on any atom is 0.410 e. The number of ether oxygens (including phenoxy) is 2. The Morgan fingerprint density at radius 1 is 1.23 bits per heavy atom. The Balaban J connectivity index is 2.76. The van der Waals surface area contributed by atoms with Crippen LogP contribution in [0.4, 0.5) is 4.79 Å². The third-order valence-electron chi connectivity index (χ3n) is 3.38. The van der Waals surface area contributed by atoms with E-state index in [0.29, 0.717) is 6.42 Å². The molecule has 0 saturated carbocycles. The van der Waals surface area contributed by atoms with Gasteiger partial charge in [0.2, 0.25) is 0 Å². The number of amides is 2. The van der Waals surface area contributed by atoms with Crippen molar-refractivity contribution in [1.82, 2.24) is 4.90 Å². The van der Waals surface area contributed by atoms with Crippen molar-refractivity contribution in [3.8, 4) is 0 Å². The fourth-order valence-corrected chi connectivity index (χ4v) is 2.19. The summed E-state index contributed by atoms with van der Waals surface area (Å²) in [5.74, 6) is -0.270. The smallest absolute Gasteiger partial charge is 0.410 e. The number of hydrogen-bond acceptors (Lipinski definition) is 4. The zero-order valence-corrected chi connectivity index (χ0v) is 16.2. The van der Waals surface area contributed by atoms with Crippen molar-refractivity contribution in [1.29, 1.82) is 0 Å². The summed E-state index contributed by atoms with van der Waals surface area (Å²) in [5, 5.41) is 0. The molecule has 1 aromatic carbocycles. The van der Waals surface area contributed by atoms with E-state index in [1.165, 1.54) is 11.8 Å². The third kappa shape index (κ3) is 8.62. The van der Waals surface area contributed by atoms with Gasteiger partial charge in [-0.25, -0.2) is 4.79 Å². The molecule has 1 rings (SSSR count). The van der Waals surface area contributed by atoms with Gasteiger partial charge in [-0.2, -0.15) is 4.99 Å². The Morgan fingerprint density at radius 2 is 1.85 bits per heavy atom. The van der Waals surface area contributed by atoms with Crippen LogP contribution in [0.15, 0.2) is 35.3 Å². The first-order valence-corrected chi connectivity index (χ1v) is 8.49. The predicted molar refractivity (Wildman–Crippen MR) is 101 cm³/mol. The van der Waals surface area contributed by atoms with Gasteiger partial charge in [-0.05, 0) is 39.7 Å². The lowest BCUT2D eigenvalue weighted by atomic mass is 10.1. The van der Waals surface area contributed by atoms with E-state index in [9.17, 15) is 9.59 Å². The molecular formula is C19H29N3O4. The van der Waals surface area contributed by atoms with Crippen molar-refractivity contribution < 1.29 is 19.1 Å². The van der Waals surface area contributed by atoms with Crippen LogP contribution in [0.1, 0.15) is 33.3 Å². The SMILES string of the molecule is CC(N)=NC(=O)COC[C@@H](Cc1ccccc1)N(C)C(=O)OC(C)(C)C. The zero-order chi connectivity index (χ0) is 19.7. The molecular weight excluding hydrogens is 334 g/mol. The molecule has 26 heavy (non-hydrogen) atoms. The molecule has 0 aliphatic carbocycles. The first-order chi connectivity index (χ1) is 12.1. The average Bonchev–Trinajstić information content (AvgIpc) is 2.52. The van der Waals surface area contributed by atoms with Crippen LogP contribution in [-0.4, -0.2) is 54.6 Å². The number of hydrogen-bond donors (Lipinski definition) is 1. The summed E-state index contributed by atoms with van der Waals surface area (Å²) in [5.41, 5.74) is 5.84. The summed E-state index contributed by atoms with van der Waals surface area (Å²) in [4.78, 5) is 29.1. The van der Waals surface area contributed by atoms with Crippen molar-refractivity contribution in [3.05, 3.63) is 35.9 Å². The molecule has 2 amide bonds. The molecule has 0 unspecified atom stereocenters. The molecule has 0 aliphatic rings. The first kappa shape index (κ1) is 21.6. The number of carbonyl (C=O) groups excluding carboxylic acids is 2. The van der Waals surface area contributed by atoms with Gasteiger partial charge in [0.15, 0.2) is 0 Å². The summed E-state index contributed by atoms with van der Waals surface area (Å²) < 4.78 is 10.9. The summed E-state index contributed by atoms with van der Waals surface area (Å²) in [7, 11) is 1.66. The number of nitrogens with zero attached hydrogens (tertiary/aromatic N) is 2. The standard InChI is InChI=1S/C19H29N3O4/c1-14(20)21-17(23)13-25-12-16(11-15-9-7-6-8-10-15)22(5)18(24)26-19(2,3)4/h6-10,16H,11-13H2,1-5H3,(H2,20,21,23)/t16-/m1/s1. The van der Waals surface area contributed by atoms with E-state index in [4.69, 9.17) is 15.2 Å². The van der Waals surface area contributed by atoms with Gasteiger partial charge in [0, 0.05) is 7.05 Å². The molecule has 1 aromatic rings. The van der Waals surface area contributed by atoms with Gasteiger partial charge in [0.05, 0.1) is 18.5 Å². The van der Waals surface area contributed by atoms with E-state index in [1.807, 2.05) is 51.1 Å². The predicted octanol–water partition coefficient (Wildman–Crippen LogP) is 2.38. The van der Waals surface area contributed by atoms with Crippen LogP contribution in [0, 0.1) is 0 Å². The van der Waals surface area contributed by atoms with Gasteiger partial charge in [-0.1, -0.05) is 30.3 Å². The van der Waals surface area contributed by atoms with E-state index in [2.05, 4.69) is 4.99 Å². The normalized spacial score (nSPS) is 13.2. The number of nitrogens with two attached hydrogens (primary N) is 1. The van der Waals surface area contributed by atoms with Crippen LogP contribution < -0.4 is 5.73 Å². The largest absolute Gasteiger partial charge is 0.444 e. The Hall–Kier alpha value is -2.41. The molecule has 7 heteroatoms. The molecule has 0 bridgehead atoms. The fourth-order valence-electron chi connectivity index (χ4n) is 2.19. The molecule has 0 fully saturated rings. The maximum absolute atomic E-state index is 12.4. The number of amidine groups is 1. The minimum Gasteiger partial charge on any atom is -0.444 e. The second-order valence-electron chi connectivity index (χ2n) is 7.10. The van der Waals surface area contributed by atoms with E-state index in [-0.39, 0.29) is 25.1 Å². The Morgan fingerprint density at radius 3 is 2.38 bits per heavy atom. The summed E-state index contributed by atoms with van der Waals surface area (Å²) in [6.07, 6.45) is 0.133. The Labute approximate surface area is 155 Å². The van der Waals surface area contributed by atoms with Gasteiger partial charge in [0.1, 0.15) is 12.2 Å². The highest BCUT2D eigenvalue weighted by Crippen LogP contribution is 2.14. The van der Waals surface area contributed by atoms with Crippen LogP contribution in [0.25, 0.3) is 0 Å². The second-order valence-corrected chi connectivity index (χ2v) is 7.10. The molecule has 0 spiro atoms. The Kier molecular flexibility index (Phi) is 8.25. The van der Waals surface area contributed by atoms with Crippen molar-refractivity contribution in [2.45, 2.75) is 45.8 Å². The number of likely N-dealkylation sites (N-methyl/N-ethyl adjacent to an activating group) is 1. The van der Waals surface area contributed by atoms with Crippen molar-refractivity contribution in [3.63, 3.8) is 0 Å². The molecule has 7 nitrogen and oxygen atoms in total.